The third-order valence-electron chi connectivity index (χ3n) is 2.89. The zero-order valence-electron chi connectivity index (χ0n) is 11.1. The molecule has 0 unspecified atom stereocenters. The molecule has 0 aliphatic rings. The molecule has 0 saturated heterocycles. The summed E-state index contributed by atoms with van der Waals surface area (Å²) in [5.41, 5.74) is 1.53. The summed E-state index contributed by atoms with van der Waals surface area (Å²) in [4.78, 5) is 10.9. The molecule has 2 rings (SSSR count). The number of hydrogen-bond donors (Lipinski definition) is 1. The maximum atomic E-state index is 10.9. The first-order valence-electron chi connectivity index (χ1n) is 5.97. The van der Waals surface area contributed by atoms with Crippen LogP contribution in [0.5, 0.6) is 5.75 Å². The minimum absolute atomic E-state index is 0.115. The SMILES string of the molecule is Cc1ccc(C#N)cc1OCc1cc(C(=O)O)c(C)o1. The smallest absolute Gasteiger partial charge is 0.339 e. The molecule has 5 heteroatoms. The number of carbonyl (C=O) groups is 1. The van der Waals surface area contributed by atoms with E-state index in [0.29, 0.717) is 22.8 Å². The first-order valence-corrected chi connectivity index (χ1v) is 5.97. The Morgan fingerprint density at radius 2 is 2.15 bits per heavy atom. The monoisotopic (exact) mass is 271 g/mol. The summed E-state index contributed by atoms with van der Waals surface area (Å²) >= 11 is 0. The molecule has 2 aromatic rings. The van der Waals surface area contributed by atoms with E-state index in [2.05, 4.69) is 0 Å². The van der Waals surface area contributed by atoms with Gasteiger partial charge in [0.1, 0.15) is 29.4 Å². The Balaban J connectivity index is 2.15. The lowest BCUT2D eigenvalue weighted by Gasteiger charge is -2.07. The number of carboxylic acid groups (broad SMARTS) is 1. The summed E-state index contributed by atoms with van der Waals surface area (Å²) < 4.78 is 10.9. The Labute approximate surface area is 116 Å². The molecule has 102 valence electrons. The molecule has 5 nitrogen and oxygen atoms in total. The van der Waals surface area contributed by atoms with Crippen molar-refractivity contribution in [2.45, 2.75) is 20.5 Å². The van der Waals surface area contributed by atoms with E-state index in [-0.39, 0.29) is 12.2 Å². The average molecular weight is 271 g/mol. The highest BCUT2D eigenvalue weighted by Crippen LogP contribution is 2.22. The van der Waals surface area contributed by atoms with Gasteiger partial charge in [0.25, 0.3) is 0 Å². The van der Waals surface area contributed by atoms with Crippen LogP contribution in [-0.4, -0.2) is 11.1 Å². The summed E-state index contributed by atoms with van der Waals surface area (Å²) in [5, 5.41) is 17.8. The first-order chi connectivity index (χ1) is 9.51. The van der Waals surface area contributed by atoms with Crippen molar-refractivity contribution in [2.75, 3.05) is 0 Å². The number of hydrogen-bond acceptors (Lipinski definition) is 4. The van der Waals surface area contributed by atoms with Gasteiger partial charge in [-0.3, -0.25) is 0 Å². The van der Waals surface area contributed by atoms with E-state index in [1.165, 1.54) is 6.07 Å². The molecular weight excluding hydrogens is 258 g/mol. The number of carboxylic acids is 1. The third kappa shape index (κ3) is 2.81. The van der Waals surface area contributed by atoms with Crippen molar-refractivity contribution in [3.63, 3.8) is 0 Å². The van der Waals surface area contributed by atoms with Gasteiger partial charge in [-0.25, -0.2) is 4.79 Å². The van der Waals surface area contributed by atoms with E-state index in [1.807, 2.05) is 13.0 Å². The molecule has 20 heavy (non-hydrogen) atoms. The Hall–Kier alpha value is -2.74. The van der Waals surface area contributed by atoms with Crippen molar-refractivity contribution in [3.05, 3.63) is 52.5 Å². The molecule has 0 aliphatic carbocycles. The summed E-state index contributed by atoms with van der Waals surface area (Å²) in [7, 11) is 0. The molecule has 0 radical (unpaired) electrons. The molecule has 0 atom stereocenters. The third-order valence-corrected chi connectivity index (χ3v) is 2.89. The zero-order valence-corrected chi connectivity index (χ0v) is 11.1. The number of aromatic carboxylic acids is 1. The van der Waals surface area contributed by atoms with Crippen molar-refractivity contribution >= 4 is 5.97 Å². The Bertz CT molecular complexity index is 694. The van der Waals surface area contributed by atoms with Gasteiger partial charge in [-0.15, -0.1) is 0 Å². The van der Waals surface area contributed by atoms with Crippen LogP contribution in [0.15, 0.2) is 28.7 Å². The second kappa shape index (κ2) is 5.49. The largest absolute Gasteiger partial charge is 0.485 e. The van der Waals surface area contributed by atoms with Gasteiger partial charge in [-0.1, -0.05) is 6.07 Å². The molecule has 0 fully saturated rings. The van der Waals surface area contributed by atoms with Crippen molar-refractivity contribution in [3.8, 4) is 11.8 Å². The van der Waals surface area contributed by atoms with E-state index < -0.39 is 5.97 Å². The molecule has 0 aliphatic heterocycles. The molecule has 1 N–H and O–H groups in total. The van der Waals surface area contributed by atoms with Crippen molar-refractivity contribution in [2.24, 2.45) is 0 Å². The molecule has 0 bridgehead atoms. The molecule has 0 saturated carbocycles. The van der Waals surface area contributed by atoms with Crippen molar-refractivity contribution in [1.82, 2.24) is 0 Å². The summed E-state index contributed by atoms with van der Waals surface area (Å²) in [5.74, 6) is 0.329. The van der Waals surface area contributed by atoms with E-state index in [0.717, 1.165) is 5.56 Å². The maximum Gasteiger partial charge on any atom is 0.339 e. The Morgan fingerprint density at radius 3 is 2.75 bits per heavy atom. The van der Waals surface area contributed by atoms with Crippen LogP contribution in [0, 0.1) is 25.2 Å². The van der Waals surface area contributed by atoms with Crippen LogP contribution in [0.4, 0.5) is 0 Å². The van der Waals surface area contributed by atoms with E-state index >= 15 is 0 Å². The van der Waals surface area contributed by atoms with Crippen molar-refractivity contribution < 1.29 is 19.1 Å². The normalized spacial score (nSPS) is 10.1. The second-order valence-electron chi connectivity index (χ2n) is 4.37. The lowest BCUT2D eigenvalue weighted by molar-refractivity contribution is 0.0695. The highest BCUT2D eigenvalue weighted by Gasteiger charge is 2.14. The van der Waals surface area contributed by atoms with Crippen molar-refractivity contribution in [1.29, 1.82) is 5.26 Å². The minimum Gasteiger partial charge on any atom is -0.485 e. The minimum atomic E-state index is -1.03. The van der Waals surface area contributed by atoms with Gasteiger partial charge >= 0.3 is 5.97 Å². The van der Waals surface area contributed by atoms with Gasteiger partial charge in [0.15, 0.2) is 0 Å². The molecule has 1 heterocycles. The molecule has 0 spiro atoms. The predicted molar refractivity (Wildman–Crippen MR) is 70.6 cm³/mol. The standard InChI is InChI=1S/C15H13NO4/c1-9-3-4-11(7-16)5-14(9)19-8-12-6-13(15(17)18)10(2)20-12/h3-6H,8H2,1-2H3,(H,17,18). The van der Waals surface area contributed by atoms with Gasteiger partial charge in [0.05, 0.1) is 11.6 Å². The van der Waals surface area contributed by atoms with Gasteiger partial charge in [-0.2, -0.15) is 5.26 Å². The van der Waals surface area contributed by atoms with Crippen LogP contribution in [-0.2, 0) is 6.61 Å². The van der Waals surface area contributed by atoms with E-state index in [1.54, 1.807) is 25.1 Å². The number of benzene rings is 1. The highest BCUT2D eigenvalue weighted by molar-refractivity contribution is 5.88. The number of ether oxygens (including phenoxy) is 1. The van der Waals surface area contributed by atoms with Gasteiger partial charge in [0.2, 0.25) is 0 Å². The predicted octanol–water partition coefficient (Wildman–Crippen LogP) is 3.05. The quantitative estimate of drug-likeness (QED) is 0.923. The first kappa shape index (κ1) is 13.7. The van der Waals surface area contributed by atoms with Crippen LogP contribution in [0.2, 0.25) is 0 Å². The fourth-order valence-corrected chi connectivity index (χ4v) is 1.80. The van der Waals surface area contributed by atoms with E-state index in [4.69, 9.17) is 19.5 Å². The zero-order chi connectivity index (χ0) is 14.7. The number of aryl methyl sites for hydroxylation is 2. The number of nitrogens with zero attached hydrogens (tertiary/aromatic N) is 1. The summed E-state index contributed by atoms with van der Waals surface area (Å²) in [6.07, 6.45) is 0. The number of furan rings is 1. The number of rotatable bonds is 4. The van der Waals surface area contributed by atoms with Crippen LogP contribution >= 0.6 is 0 Å². The van der Waals surface area contributed by atoms with Crippen LogP contribution in [0.3, 0.4) is 0 Å². The van der Waals surface area contributed by atoms with Crippen LogP contribution < -0.4 is 4.74 Å². The van der Waals surface area contributed by atoms with Crippen LogP contribution in [0.25, 0.3) is 0 Å². The molecule has 1 aromatic carbocycles. The topological polar surface area (TPSA) is 83.5 Å². The second-order valence-corrected chi connectivity index (χ2v) is 4.37. The summed E-state index contributed by atoms with van der Waals surface area (Å²) in [6.45, 7) is 3.57. The molecular formula is C15H13NO4. The fraction of sp³-hybridized carbons (Fsp3) is 0.200. The molecule has 0 amide bonds. The van der Waals surface area contributed by atoms with E-state index in [9.17, 15) is 4.79 Å². The molecule has 1 aromatic heterocycles. The van der Waals surface area contributed by atoms with Gasteiger partial charge in [-0.05, 0) is 37.6 Å². The fourth-order valence-electron chi connectivity index (χ4n) is 1.80. The van der Waals surface area contributed by atoms with Gasteiger partial charge < -0.3 is 14.3 Å². The average Bonchev–Trinajstić information content (AvgIpc) is 2.79. The summed E-state index contributed by atoms with van der Waals surface area (Å²) in [6, 6.07) is 8.63. The Kier molecular flexibility index (Phi) is 3.76. The maximum absolute atomic E-state index is 10.9. The van der Waals surface area contributed by atoms with Crippen LogP contribution in [0.1, 0.15) is 33.0 Å². The lowest BCUT2D eigenvalue weighted by atomic mass is 10.1. The lowest BCUT2D eigenvalue weighted by Crippen LogP contribution is -1.97. The van der Waals surface area contributed by atoms with Gasteiger partial charge in [0, 0.05) is 0 Å². The Morgan fingerprint density at radius 1 is 1.40 bits per heavy atom. The number of nitriles is 1. The highest BCUT2D eigenvalue weighted by atomic mass is 16.5.